The first kappa shape index (κ1) is 12.9. The van der Waals surface area contributed by atoms with E-state index in [9.17, 15) is 4.79 Å². The molecule has 2 rings (SSSR count). The highest BCUT2D eigenvalue weighted by Crippen LogP contribution is 2.12. The quantitative estimate of drug-likeness (QED) is 0.827. The van der Waals surface area contributed by atoms with Crippen molar-refractivity contribution in [3.05, 3.63) is 29.8 Å². The third-order valence-corrected chi connectivity index (χ3v) is 3.25. The molecule has 2 N–H and O–H groups in total. The predicted octanol–water partition coefficient (Wildman–Crippen LogP) is 1.80. The van der Waals surface area contributed by atoms with Crippen molar-refractivity contribution in [1.82, 2.24) is 4.90 Å². The molecule has 1 aliphatic heterocycles. The van der Waals surface area contributed by atoms with Gasteiger partial charge in [-0.3, -0.25) is 4.79 Å². The first-order chi connectivity index (χ1) is 8.66. The minimum atomic E-state index is -0.374. The van der Waals surface area contributed by atoms with Crippen LogP contribution in [0.25, 0.3) is 0 Å². The van der Waals surface area contributed by atoms with Crippen LogP contribution in [-0.4, -0.2) is 30.0 Å². The van der Waals surface area contributed by atoms with Crippen LogP contribution in [0.3, 0.4) is 0 Å². The van der Waals surface area contributed by atoms with Gasteiger partial charge in [0.2, 0.25) is 0 Å². The zero-order valence-electron chi connectivity index (χ0n) is 10.8. The van der Waals surface area contributed by atoms with E-state index in [1.807, 2.05) is 36.1 Å². The fraction of sp³-hybridized carbons (Fsp3) is 0.500. The Labute approximate surface area is 108 Å². The van der Waals surface area contributed by atoms with Crippen LogP contribution in [0.4, 0.5) is 5.69 Å². The summed E-state index contributed by atoms with van der Waals surface area (Å²) in [4.78, 5) is 13.9. The molecule has 0 bridgehead atoms. The van der Waals surface area contributed by atoms with E-state index in [0.29, 0.717) is 6.61 Å². The molecule has 0 saturated carbocycles. The number of carbonyl (C=O) groups excluding carboxylic acids is 1. The SMILES string of the molecule is CC(OCc1ccc(N)cc1)C(=O)N1CCCC1. The monoisotopic (exact) mass is 248 g/mol. The van der Waals surface area contributed by atoms with Gasteiger partial charge in [0.1, 0.15) is 6.10 Å². The van der Waals surface area contributed by atoms with E-state index in [0.717, 1.165) is 37.2 Å². The first-order valence-corrected chi connectivity index (χ1v) is 6.41. The van der Waals surface area contributed by atoms with Crippen molar-refractivity contribution in [1.29, 1.82) is 0 Å². The molecule has 1 amide bonds. The summed E-state index contributed by atoms with van der Waals surface area (Å²) < 4.78 is 5.61. The minimum Gasteiger partial charge on any atom is -0.399 e. The molecule has 1 aliphatic rings. The number of hydrogen-bond donors (Lipinski definition) is 1. The van der Waals surface area contributed by atoms with E-state index in [2.05, 4.69) is 0 Å². The Hall–Kier alpha value is -1.55. The maximum atomic E-state index is 12.0. The summed E-state index contributed by atoms with van der Waals surface area (Å²) in [5.74, 6) is 0.0999. The van der Waals surface area contributed by atoms with Gasteiger partial charge in [-0.2, -0.15) is 0 Å². The number of amides is 1. The average Bonchev–Trinajstić information content (AvgIpc) is 2.90. The maximum Gasteiger partial charge on any atom is 0.251 e. The summed E-state index contributed by atoms with van der Waals surface area (Å²) in [6.45, 7) is 4.00. The zero-order valence-corrected chi connectivity index (χ0v) is 10.8. The highest BCUT2D eigenvalue weighted by Gasteiger charge is 2.23. The van der Waals surface area contributed by atoms with Crippen molar-refractivity contribution in [2.24, 2.45) is 0 Å². The number of carbonyl (C=O) groups is 1. The lowest BCUT2D eigenvalue weighted by atomic mass is 10.2. The molecule has 18 heavy (non-hydrogen) atoms. The number of benzene rings is 1. The Kier molecular flexibility index (Phi) is 4.20. The lowest BCUT2D eigenvalue weighted by Crippen LogP contribution is -2.36. The average molecular weight is 248 g/mol. The predicted molar refractivity (Wildman–Crippen MR) is 70.9 cm³/mol. The second-order valence-corrected chi connectivity index (χ2v) is 4.73. The van der Waals surface area contributed by atoms with Crippen molar-refractivity contribution in [2.75, 3.05) is 18.8 Å². The second-order valence-electron chi connectivity index (χ2n) is 4.73. The van der Waals surface area contributed by atoms with Crippen molar-refractivity contribution in [3.8, 4) is 0 Å². The van der Waals surface area contributed by atoms with Gasteiger partial charge in [0.25, 0.3) is 5.91 Å². The molecule has 98 valence electrons. The molecule has 1 unspecified atom stereocenters. The number of rotatable bonds is 4. The van der Waals surface area contributed by atoms with Gasteiger partial charge in [0, 0.05) is 18.8 Å². The molecule has 0 aliphatic carbocycles. The Morgan fingerprint density at radius 2 is 1.94 bits per heavy atom. The minimum absolute atomic E-state index is 0.0999. The molecule has 0 spiro atoms. The first-order valence-electron chi connectivity index (χ1n) is 6.41. The Bertz CT molecular complexity index is 397. The molecule has 1 heterocycles. The largest absolute Gasteiger partial charge is 0.399 e. The van der Waals surface area contributed by atoms with Crippen LogP contribution in [0.1, 0.15) is 25.3 Å². The summed E-state index contributed by atoms with van der Waals surface area (Å²) in [5.41, 5.74) is 7.38. The van der Waals surface area contributed by atoms with Crippen LogP contribution in [0, 0.1) is 0 Å². The van der Waals surface area contributed by atoms with E-state index < -0.39 is 0 Å². The lowest BCUT2D eigenvalue weighted by Gasteiger charge is -2.20. The molecule has 1 aromatic carbocycles. The molecular formula is C14H20N2O2. The number of hydrogen-bond acceptors (Lipinski definition) is 3. The topological polar surface area (TPSA) is 55.6 Å². The molecule has 1 fully saturated rings. The van der Waals surface area contributed by atoms with Crippen LogP contribution in [0.5, 0.6) is 0 Å². The molecule has 4 heteroatoms. The van der Waals surface area contributed by atoms with E-state index in [1.54, 1.807) is 0 Å². The van der Waals surface area contributed by atoms with E-state index in [4.69, 9.17) is 10.5 Å². The van der Waals surface area contributed by atoms with Crippen LogP contribution in [-0.2, 0) is 16.1 Å². The van der Waals surface area contributed by atoms with Gasteiger partial charge in [-0.25, -0.2) is 0 Å². The number of likely N-dealkylation sites (tertiary alicyclic amines) is 1. The van der Waals surface area contributed by atoms with Crippen molar-refractivity contribution < 1.29 is 9.53 Å². The van der Waals surface area contributed by atoms with E-state index >= 15 is 0 Å². The second kappa shape index (κ2) is 5.87. The van der Waals surface area contributed by atoms with Crippen molar-refractivity contribution in [3.63, 3.8) is 0 Å². The Morgan fingerprint density at radius 3 is 2.56 bits per heavy atom. The van der Waals surface area contributed by atoms with Crippen LogP contribution >= 0.6 is 0 Å². The van der Waals surface area contributed by atoms with Crippen LogP contribution < -0.4 is 5.73 Å². The van der Waals surface area contributed by atoms with E-state index in [1.165, 1.54) is 0 Å². The van der Waals surface area contributed by atoms with Crippen LogP contribution in [0.15, 0.2) is 24.3 Å². The standard InChI is InChI=1S/C14H20N2O2/c1-11(14(17)16-8-2-3-9-16)18-10-12-4-6-13(15)7-5-12/h4-7,11H,2-3,8-10,15H2,1H3. The van der Waals surface area contributed by atoms with Gasteiger partial charge >= 0.3 is 0 Å². The summed E-state index contributed by atoms with van der Waals surface area (Å²) in [7, 11) is 0. The summed E-state index contributed by atoms with van der Waals surface area (Å²) in [5, 5.41) is 0. The molecule has 4 nitrogen and oxygen atoms in total. The van der Waals surface area contributed by atoms with E-state index in [-0.39, 0.29) is 12.0 Å². The number of nitrogens with two attached hydrogens (primary N) is 1. The molecule has 1 aromatic rings. The third-order valence-electron chi connectivity index (χ3n) is 3.25. The summed E-state index contributed by atoms with van der Waals surface area (Å²) >= 11 is 0. The third kappa shape index (κ3) is 3.23. The van der Waals surface area contributed by atoms with Crippen molar-refractivity contribution >= 4 is 11.6 Å². The Morgan fingerprint density at radius 1 is 1.33 bits per heavy atom. The zero-order chi connectivity index (χ0) is 13.0. The van der Waals surface area contributed by atoms with Gasteiger partial charge in [0.15, 0.2) is 0 Å². The highest BCUT2D eigenvalue weighted by atomic mass is 16.5. The molecule has 0 aromatic heterocycles. The van der Waals surface area contributed by atoms with Gasteiger partial charge in [-0.05, 0) is 37.5 Å². The fourth-order valence-corrected chi connectivity index (χ4v) is 2.10. The molecule has 1 atom stereocenters. The summed E-state index contributed by atoms with van der Waals surface area (Å²) in [6, 6.07) is 7.52. The van der Waals surface area contributed by atoms with Gasteiger partial charge < -0.3 is 15.4 Å². The number of anilines is 1. The summed E-state index contributed by atoms with van der Waals surface area (Å²) in [6.07, 6.45) is 1.84. The maximum absolute atomic E-state index is 12.0. The number of nitrogen functional groups attached to an aromatic ring is 1. The van der Waals surface area contributed by atoms with Crippen LogP contribution in [0.2, 0.25) is 0 Å². The van der Waals surface area contributed by atoms with Crippen molar-refractivity contribution in [2.45, 2.75) is 32.5 Å². The fourth-order valence-electron chi connectivity index (χ4n) is 2.10. The molecule has 1 saturated heterocycles. The van der Waals surface area contributed by atoms with Gasteiger partial charge in [0.05, 0.1) is 6.61 Å². The molecular weight excluding hydrogens is 228 g/mol. The molecule has 0 radical (unpaired) electrons. The van der Waals surface area contributed by atoms with Gasteiger partial charge in [-0.1, -0.05) is 12.1 Å². The number of nitrogens with zero attached hydrogens (tertiary/aromatic N) is 1. The highest BCUT2D eigenvalue weighted by molar-refractivity contribution is 5.80. The normalized spacial score (nSPS) is 16.8. The number of ether oxygens (including phenoxy) is 1. The lowest BCUT2D eigenvalue weighted by molar-refractivity contribution is -0.142. The van der Waals surface area contributed by atoms with Gasteiger partial charge in [-0.15, -0.1) is 0 Å². The smallest absolute Gasteiger partial charge is 0.251 e. The Balaban J connectivity index is 1.82.